The first-order chi connectivity index (χ1) is 13.8. The van der Waals surface area contributed by atoms with Crippen molar-refractivity contribution in [2.75, 3.05) is 27.3 Å². The first-order valence-corrected chi connectivity index (χ1v) is 10.2. The lowest BCUT2D eigenvalue weighted by atomic mass is 9.84. The smallest absolute Gasteiger partial charge is 0.253 e. The molecule has 3 aromatic rings. The van der Waals surface area contributed by atoms with Crippen LogP contribution < -0.4 is 0 Å². The van der Waals surface area contributed by atoms with Gasteiger partial charge in [-0.15, -0.1) is 0 Å². The molecule has 0 aliphatic heterocycles. The number of amides is 1. The molecule has 1 amide bonds. The lowest BCUT2D eigenvalue weighted by molar-refractivity contribution is 0.0744. The second-order valence-corrected chi connectivity index (χ2v) is 8.57. The summed E-state index contributed by atoms with van der Waals surface area (Å²) in [6.45, 7) is 9.97. The minimum absolute atomic E-state index is 0.00765. The summed E-state index contributed by atoms with van der Waals surface area (Å²) in [4.78, 5) is 17.8. The zero-order valence-electron chi connectivity index (χ0n) is 18.3. The topological polar surface area (TPSA) is 74.0 Å². The molecule has 156 valence electrons. The molecular formula is C23H32N4O2. The number of H-pyrrole nitrogens is 2. The molecule has 6 heteroatoms. The van der Waals surface area contributed by atoms with Crippen molar-refractivity contribution in [1.29, 1.82) is 0 Å². The molecule has 0 aliphatic carbocycles. The third kappa shape index (κ3) is 4.53. The van der Waals surface area contributed by atoms with Crippen LogP contribution in [-0.2, 0) is 11.2 Å². The number of carbonyl (C=O) groups excluding carboxylic acids is 1. The first kappa shape index (κ1) is 21.1. The quantitative estimate of drug-likeness (QED) is 0.586. The molecule has 3 rings (SSSR count). The van der Waals surface area contributed by atoms with Crippen molar-refractivity contribution in [3.8, 4) is 11.4 Å². The number of nitrogens with zero attached hydrogens (tertiary/aromatic N) is 2. The molecule has 0 bridgehead atoms. The van der Waals surface area contributed by atoms with Crippen molar-refractivity contribution < 1.29 is 9.53 Å². The Morgan fingerprint density at radius 3 is 2.72 bits per heavy atom. The Bertz CT molecular complexity index is 1000. The third-order valence-electron chi connectivity index (χ3n) is 5.82. The number of aromatic amines is 2. The van der Waals surface area contributed by atoms with Crippen molar-refractivity contribution in [3.63, 3.8) is 0 Å². The van der Waals surface area contributed by atoms with Crippen LogP contribution in [0.1, 0.15) is 48.8 Å². The summed E-state index contributed by atoms with van der Waals surface area (Å²) in [7, 11) is 3.43. The van der Waals surface area contributed by atoms with Crippen molar-refractivity contribution in [2.24, 2.45) is 5.41 Å². The van der Waals surface area contributed by atoms with Crippen LogP contribution in [0, 0.1) is 12.3 Å². The molecule has 1 aromatic carbocycles. The molecule has 0 saturated heterocycles. The highest BCUT2D eigenvalue weighted by Gasteiger charge is 2.21. The van der Waals surface area contributed by atoms with E-state index in [1.54, 1.807) is 19.1 Å². The van der Waals surface area contributed by atoms with E-state index < -0.39 is 0 Å². The summed E-state index contributed by atoms with van der Waals surface area (Å²) in [6, 6.07) is 7.82. The van der Waals surface area contributed by atoms with Gasteiger partial charge in [-0.1, -0.05) is 27.2 Å². The van der Waals surface area contributed by atoms with Gasteiger partial charge in [-0.05, 0) is 48.6 Å². The van der Waals surface area contributed by atoms with E-state index in [1.165, 1.54) is 11.3 Å². The summed E-state index contributed by atoms with van der Waals surface area (Å²) >= 11 is 0. The van der Waals surface area contributed by atoms with Gasteiger partial charge in [0.05, 0.1) is 12.3 Å². The number of hydrogen-bond acceptors (Lipinski definition) is 3. The van der Waals surface area contributed by atoms with Gasteiger partial charge in [0, 0.05) is 42.9 Å². The largest absolute Gasteiger partial charge is 0.383 e. The van der Waals surface area contributed by atoms with Crippen molar-refractivity contribution >= 4 is 16.8 Å². The van der Waals surface area contributed by atoms with Crippen LogP contribution in [0.15, 0.2) is 24.3 Å². The lowest BCUT2D eigenvalue weighted by Gasteiger charge is -2.21. The molecule has 2 aromatic heterocycles. The van der Waals surface area contributed by atoms with E-state index in [9.17, 15) is 4.79 Å². The van der Waals surface area contributed by atoms with Crippen LogP contribution in [0.5, 0.6) is 0 Å². The van der Waals surface area contributed by atoms with Crippen LogP contribution in [-0.4, -0.2) is 53.3 Å². The fraction of sp³-hybridized carbons (Fsp3) is 0.478. The van der Waals surface area contributed by atoms with E-state index in [2.05, 4.69) is 48.9 Å². The van der Waals surface area contributed by atoms with Crippen molar-refractivity contribution in [2.45, 2.75) is 40.5 Å². The number of carbonyl (C=O) groups is 1. The Balaban J connectivity index is 1.87. The maximum atomic E-state index is 12.6. The third-order valence-corrected chi connectivity index (χ3v) is 5.82. The molecule has 2 N–H and O–H groups in total. The summed E-state index contributed by atoms with van der Waals surface area (Å²) < 4.78 is 5.06. The highest BCUT2D eigenvalue weighted by atomic mass is 16.5. The van der Waals surface area contributed by atoms with Gasteiger partial charge in [0.2, 0.25) is 0 Å². The highest BCUT2D eigenvalue weighted by Crippen LogP contribution is 2.31. The van der Waals surface area contributed by atoms with Gasteiger partial charge in [-0.2, -0.15) is 5.10 Å². The second-order valence-electron chi connectivity index (χ2n) is 8.57. The van der Waals surface area contributed by atoms with E-state index >= 15 is 0 Å². The van der Waals surface area contributed by atoms with E-state index in [-0.39, 0.29) is 11.3 Å². The maximum Gasteiger partial charge on any atom is 0.253 e. The van der Waals surface area contributed by atoms with E-state index in [4.69, 9.17) is 4.74 Å². The van der Waals surface area contributed by atoms with Gasteiger partial charge in [-0.25, -0.2) is 0 Å². The Labute approximate surface area is 172 Å². The van der Waals surface area contributed by atoms with E-state index in [0.29, 0.717) is 18.7 Å². The van der Waals surface area contributed by atoms with Crippen molar-refractivity contribution in [1.82, 2.24) is 20.1 Å². The van der Waals surface area contributed by atoms with Gasteiger partial charge in [-0.3, -0.25) is 9.89 Å². The number of fused-ring (bicyclic) bond motifs is 1. The molecule has 0 spiro atoms. The molecule has 0 radical (unpaired) electrons. The molecule has 0 unspecified atom stereocenters. The molecule has 2 heterocycles. The van der Waals surface area contributed by atoms with Crippen LogP contribution in [0.2, 0.25) is 0 Å². The molecule has 0 aliphatic rings. The predicted molar refractivity (Wildman–Crippen MR) is 117 cm³/mol. The molecule has 0 atom stereocenters. The Kier molecular flexibility index (Phi) is 6.13. The average molecular weight is 397 g/mol. The van der Waals surface area contributed by atoms with Gasteiger partial charge < -0.3 is 14.6 Å². The van der Waals surface area contributed by atoms with E-state index in [0.717, 1.165) is 35.1 Å². The van der Waals surface area contributed by atoms with E-state index in [1.807, 2.05) is 18.2 Å². The molecule has 6 nitrogen and oxygen atoms in total. The molecular weight excluding hydrogens is 364 g/mol. The number of aromatic nitrogens is 3. The summed E-state index contributed by atoms with van der Waals surface area (Å²) in [5.74, 6) is -0.00765. The normalized spacial score (nSPS) is 11.9. The van der Waals surface area contributed by atoms with Gasteiger partial charge in [0.25, 0.3) is 5.91 Å². The van der Waals surface area contributed by atoms with Gasteiger partial charge >= 0.3 is 0 Å². The van der Waals surface area contributed by atoms with Crippen LogP contribution in [0.4, 0.5) is 0 Å². The minimum Gasteiger partial charge on any atom is -0.383 e. The summed E-state index contributed by atoms with van der Waals surface area (Å²) in [5, 5.41) is 8.81. The number of hydrogen-bond donors (Lipinski definition) is 2. The minimum atomic E-state index is -0.00765. The van der Waals surface area contributed by atoms with Crippen molar-refractivity contribution in [3.05, 3.63) is 41.1 Å². The zero-order chi connectivity index (χ0) is 21.2. The average Bonchev–Trinajstić information content (AvgIpc) is 3.28. The fourth-order valence-corrected chi connectivity index (χ4v) is 3.42. The Hall–Kier alpha value is -2.60. The molecule has 0 saturated carbocycles. The standard InChI is InChI=1S/C23H32N4O2/c1-7-23(3,4)14-20-15(2)21(26-25-20)19-13-17-12-16(8-9-18(17)24-19)22(28)27(5)10-11-29-6/h8-9,12-13,24H,7,10-11,14H2,1-6H3,(H,25,26). The van der Waals surface area contributed by atoms with Gasteiger partial charge in [0.1, 0.15) is 5.69 Å². The highest BCUT2D eigenvalue weighted by molar-refractivity contribution is 5.98. The number of benzene rings is 1. The molecule has 29 heavy (non-hydrogen) atoms. The zero-order valence-corrected chi connectivity index (χ0v) is 18.3. The second kappa shape index (κ2) is 8.41. The van der Waals surface area contributed by atoms with Crippen LogP contribution in [0.25, 0.3) is 22.3 Å². The number of rotatable bonds is 8. The number of nitrogens with one attached hydrogen (secondary N) is 2. The fourth-order valence-electron chi connectivity index (χ4n) is 3.42. The monoisotopic (exact) mass is 396 g/mol. The number of ether oxygens (including phenoxy) is 1. The lowest BCUT2D eigenvalue weighted by Crippen LogP contribution is -2.29. The van der Waals surface area contributed by atoms with Gasteiger partial charge in [0.15, 0.2) is 0 Å². The van der Waals surface area contributed by atoms with Crippen LogP contribution >= 0.6 is 0 Å². The summed E-state index contributed by atoms with van der Waals surface area (Å²) in [6.07, 6.45) is 2.08. The Morgan fingerprint density at radius 1 is 1.28 bits per heavy atom. The SMILES string of the molecule is CCC(C)(C)Cc1[nH]nc(-c2cc3cc(C(=O)N(C)CCOC)ccc3[nH]2)c1C. The Morgan fingerprint density at radius 2 is 2.03 bits per heavy atom. The van der Waals surface area contributed by atoms with Crippen LogP contribution in [0.3, 0.4) is 0 Å². The number of methoxy groups -OCH3 is 1. The predicted octanol–water partition coefficient (Wildman–Crippen LogP) is 4.56. The first-order valence-electron chi connectivity index (χ1n) is 10.2. The maximum absolute atomic E-state index is 12.6. The number of likely N-dealkylation sites (N-methyl/N-ethyl adjacent to an activating group) is 1. The molecule has 0 fully saturated rings. The summed E-state index contributed by atoms with van der Waals surface area (Å²) in [5.41, 5.74) is 6.16.